The Morgan fingerprint density at radius 3 is 2.43 bits per heavy atom. The highest BCUT2D eigenvalue weighted by Crippen LogP contribution is 2.19. The molecule has 2 aromatic rings. The number of nitrogens with zero attached hydrogens (tertiary/aromatic N) is 2. The van der Waals surface area contributed by atoms with E-state index in [0.717, 1.165) is 24.3 Å². The Morgan fingerprint density at radius 1 is 1.09 bits per heavy atom. The predicted octanol–water partition coefficient (Wildman–Crippen LogP) is 2.90. The highest BCUT2D eigenvalue weighted by atomic mass is 16.5. The quantitative estimate of drug-likeness (QED) is 0.888. The van der Waals surface area contributed by atoms with Crippen molar-refractivity contribution >= 4 is 17.4 Å². The Hall–Kier alpha value is -2.63. The van der Waals surface area contributed by atoms with Gasteiger partial charge in [-0.2, -0.15) is 0 Å². The molecule has 1 saturated carbocycles. The van der Waals surface area contributed by atoms with Gasteiger partial charge in [0.1, 0.15) is 5.75 Å². The topological polar surface area (TPSA) is 76.1 Å². The molecule has 3 rings (SSSR count). The fraction of sp³-hybridized carbons (Fsp3) is 0.353. The molecule has 23 heavy (non-hydrogen) atoms. The molecule has 0 spiro atoms. The van der Waals surface area contributed by atoms with Crippen LogP contribution in [-0.2, 0) is 0 Å². The Balaban J connectivity index is 1.60. The van der Waals surface area contributed by atoms with E-state index in [-0.39, 0.29) is 11.9 Å². The number of benzene rings is 1. The summed E-state index contributed by atoms with van der Waals surface area (Å²) in [5.41, 5.74) is 1.22. The van der Waals surface area contributed by atoms with Crippen molar-refractivity contribution in [2.45, 2.75) is 31.7 Å². The largest absolute Gasteiger partial charge is 0.497 e. The Kier molecular flexibility index (Phi) is 4.71. The van der Waals surface area contributed by atoms with E-state index in [1.165, 1.54) is 12.8 Å². The van der Waals surface area contributed by atoms with Gasteiger partial charge in [0.25, 0.3) is 5.91 Å². The third-order valence-corrected chi connectivity index (χ3v) is 3.95. The number of amides is 1. The molecule has 1 aliphatic rings. The lowest BCUT2D eigenvalue weighted by Crippen LogP contribution is -2.33. The maximum Gasteiger partial charge on any atom is 0.272 e. The Labute approximate surface area is 135 Å². The standard InChI is InChI=1S/C17H20N4O2/c1-23-14-8-6-13(7-9-14)18-16-11-10-15(20-21-16)17(22)19-12-4-2-3-5-12/h6-12H,2-5H2,1H3,(H,18,21)(H,19,22). The van der Waals surface area contributed by atoms with Crippen molar-refractivity contribution in [3.05, 3.63) is 42.1 Å². The lowest BCUT2D eigenvalue weighted by atomic mass is 10.2. The molecule has 1 heterocycles. The minimum Gasteiger partial charge on any atom is -0.497 e. The van der Waals surface area contributed by atoms with Crippen LogP contribution < -0.4 is 15.4 Å². The molecule has 6 heteroatoms. The molecular formula is C17H20N4O2. The minimum absolute atomic E-state index is 0.152. The summed E-state index contributed by atoms with van der Waals surface area (Å²) in [7, 11) is 1.63. The number of hydrogen-bond acceptors (Lipinski definition) is 5. The zero-order chi connectivity index (χ0) is 16.1. The van der Waals surface area contributed by atoms with Crippen molar-refractivity contribution < 1.29 is 9.53 Å². The Bertz CT molecular complexity index is 649. The first-order chi connectivity index (χ1) is 11.2. The van der Waals surface area contributed by atoms with Crippen molar-refractivity contribution in [2.75, 3.05) is 12.4 Å². The molecule has 1 aliphatic carbocycles. The van der Waals surface area contributed by atoms with Gasteiger partial charge in [0.15, 0.2) is 11.5 Å². The Morgan fingerprint density at radius 2 is 1.83 bits per heavy atom. The van der Waals surface area contributed by atoms with Gasteiger partial charge in [0.05, 0.1) is 7.11 Å². The van der Waals surface area contributed by atoms with Crippen LogP contribution in [0, 0.1) is 0 Å². The zero-order valence-electron chi connectivity index (χ0n) is 13.1. The first-order valence-corrected chi connectivity index (χ1v) is 7.80. The number of nitrogens with one attached hydrogen (secondary N) is 2. The van der Waals surface area contributed by atoms with Gasteiger partial charge in [0, 0.05) is 11.7 Å². The first-order valence-electron chi connectivity index (χ1n) is 7.80. The van der Waals surface area contributed by atoms with E-state index in [1.54, 1.807) is 19.2 Å². The van der Waals surface area contributed by atoms with Crippen LogP contribution >= 0.6 is 0 Å². The van der Waals surface area contributed by atoms with Gasteiger partial charge in [-0.15, -0.1) is 10.2 Å². The van der Waals surface area contributed by atoms with Gasteiger partial charge in [-0.05, 0) is 49.2 Å². The summed E-state index contributed by atoms with van der Waals surface area (Å²) < 4.78 is 5.12. The van der Waals surface area contributed by atoms with Crippen LogP contribution in [0.4, 0.5) is 11.5 Å². The summed E-state index contributed by atoms with van der Waals surface area (Å²) in [6.45, 7) is 0. The second kappa shape index (κ2) is 7.09. The van der Waals surface area contributed by atoms with Crippen molar-refractivity contribution in [2.24, 2.45) is 0 Å². The van der Waals surface area contributed by atoms with Crippen molar-refractivity contribution in [1.82, 2.24) is 15.5 Å². The SMILES string of the molecule is COc1ccc(Nc2ccc(C(=O)NC3CCCC3)nn2)cc1. The van der Waals surface area contributed by atoms with Crippen LogP contribution in [0.5, 0.6) is 5.75 Å². The summed E-state index contributed by atoms with van der Waals surface area (Å²) in [5, 5.41) is 14.2. The number of hydrogen-bond donors (Lipinski definition) is 2. The maximum absolute atomic E-state index is 12.1. The van der Waals surface area contributed by atoms with E-state index >= 15 is 0 Å². The van der Waals surface area contributed by atoms with Gasteiger partial charge in [-0.1, -0.05) is 12.8 Å². The third-order valence-electron chi connectivity index (χ3n) is 3.95. The van der Waals surface area contributed by atoms with E-state index in [2.05, 4.69) is 20.8 Å². The molecule has 1 amide bonds. The minimum atomic E-state index is -0.152. The zero-order valence-corrected chi connectivity index (χ0v) is 13.1. The molecule has 0 unspecified atom stereocenters. The first kappa shape index (κ1) is 15.3. The third kappa shape index (κ3) is 3.97. The number of ether oxygens (including phenoxy) is 1. The molecule has 1 fully saturated rings. The van der Waals surface area contributed by atoms with Gasteiger partial charge in [-0.25, -0.2) is 0 Å². The number of aromatic nitrogens is 2. The van der Waals surface area contributed by atoms with Gasteiger partial charge in [-0.3, -0.25) is 4.79 Å². The van der Waals surface area contributed by atoms with Crippen molar-refractivity contribution in [3.8, 4) is 5.75 Å². The molecule has 2 N–H and O–H groups in total. The second-order valence-electron chi connectivity index (χ2n) is 5.61. The average molecular weight is 312 g/mol. The van der Waals surface area contributed by atoms with Crippen molar-refractivity contribution in [3.63, 3.8) is 0 Å². The molecule has 0 atom stereocenters. The maximum atomic E-state index is 12.1. The van der Waals surface area contributed by atoms with Crippen LogP contribution in [0.25, 0.3) is 0 Å². The lowest BCUT2D eigenvalue weighted by molar-refractivity contribution is 0.0932. The average Bonchev–Trinajstić information content (AvgIpc) is 3.09. The molecular weight excluding hydrogens is 292 g/mol. The number of carbonyl (C=O) groups is 1. The highest BCUT2D eigenvalue weighted by Gasteiger charge is 2.18. The molecule has 120 valence electrons. The number of carbonyl (C=O) groups excluding carboxylic acids is 1. The number of anilines is 2. The summed E-state index contributed by atoms with van der Waals surface area (Å²) in [4.78, 5) is 12.1. The normalized spacial score (nSPS) is 14.5. The van der Waals surface area contributed by atoms with E-state index in [4.69, 9.17) is 4.74 Å². The number of methoxy groups -OCH3 is 1. The van der Waals surface area contributed by atoms with Gasteiger partial charge >= 0.3 is 0 Å². The number of rotatable bonds is 5. The van der Waals surface area contributed by atoms with Crippen LogP contribution in [0.1, 0.15) is 36.2 Å². The van der Waals surface area contributed by atoms with Gasteiger partial charge in [0.2, 0.25) is 0 Å². The van der Waals surface area contributed by atoms with E-state index in [9.17, 15) is 4.79 Å². The summed E-state index contributed by atoms with van der Waals surface area (Å²) >= 11 is 0. The molecule has 1 aromatic heterocycles. The fourth-order valence-corrected chi connectivity index (χ4v) is 2.67. The van der Waals surface area contributed by atoms with E-state index < -0.39 is 0 Å². The van der Waals surface area contributed by atoms with Crippen LogP contribution in [-0.4, -0.2) is 29.3 Å². The van der Waals surface area contributed by atoms with E-state index in [1.807, 2.05) is 24.3 Å². The molecule has 6 nitrogen and oxygen atoms in total. The monoisotopic (exact) mass is 312 g/mol. The summed E-state index contributed by atoms with van der Waals surface area (Å²) in [6.07, 6.45) is 4.47. The highest BCUT2D eigenvalue weighted by molar-refractivity contribution is 5.92. The fourth-order valence-electron chi connectivity index (χ4n) is 2.67. The summed E-state index contributed by atoms with van der Waals surface area (Å²) in [6, 6.07) is 11.2. The molecule has 0 bridgehead atoms. The molecule has 0 radical (unpaired) electrons. The lowest BCUT2D eigenvalue weighted by Gasteiger charge is -2.11. The van der Waals surface area contributed by atoms with Crippen LogP contribution in [0.3, 0.4) is 0 Å². The smallest absolute Gasteiger partial charge is 0.272 e. The van der Waals surface area contributed by atoms with Crippen LogP contribution in [0.2, 0.25) is 0 Å². The summed E-state index contributed by atoms with van der Waals surface area (Å²) in [5.74, 6) is 1.23. The van der Waals surface area contributed by atoms with E-state index in [0.29, 0.717) is 11.5 Å². The molecule has 0 saturated heterocycles. The van der Waals surface area contributed by atoms with Crippen molar-refractivity contribution in [1.29, 1.82) is 0 Å². The van der Waals surface area contributed by atoms with Gasteiger partial charge < -0.3 is 15.4 Å². The second-order valence-corrected chi connectivity index (χ2v) is 5.61. The molecule has 0 aliphatic heterocycles. The van der Waals surface area contributed by atoms with Crippen LogP contribution in [0.15, 0.2) is 36.4 Å². The predicted molar refractivity (Wildman–Crippen MR) is 88.0 cm³/mol. The molecule has 1 aromatic carbocycles.